The summed E-state index contributed by atoms with van der Waals surface area (Å²) in [6.07, 6.45) is 1.66. The van der Waals surface area contributed by atoms with Crippen LogP contribution in [0.2, 0.25) is 5.02 Å². The van der Waals surface area contributed by atoms with Gasteiger partial charge in [-0.1, -0.05) is 23.7 Å². The Labute approximate surface area is 203 Å². The van der Waals surface area contributed by atoms with Gasteiger partial charge in [0.25, 0.3) is 0 Å². The van der Waals surface area contributed by atoms with Crippen molar-refractivity contribution in [2.45, 2.75) is 6.92 Å². The minimum atomic E-state index is 0.515. The summed E-state index contributed by atoms with van der Waals surface area (Å²) in [5.74, 6) is 3.37. The fraction of sp³-hybridized carbons (Fsp3) is 0.154. The maximum Gasteiger partial charge on any atom is 0.203 e. The van der Waals surface area contributed by atoms with Gasteiger partial charge in [-0.05, 0) is 37.3 Å². The molecule has 0 saturated heterocycles. The smallest absolute Gasteiger partial charge is 0.203 e. The Kier molecular flexibility index (Phi) is 7.04. The molecule has 0 atom stereocenters. The number of hydrogen-bond donors (Lipinski definition) is 1. The summed E-state index contributed by atoms with van der Waals surface area (Å²) < 4.78 is 22.4. The first-order chi connectivity index (χ1) is 16.5. The van der Waals surface area contributed by atoms with Gasteiger partial charge in [0.1, 0.15) is 17.3 Å². The van der Waals surface area contributed by atoms with Crippen LogP contribution in [0.1, 0.15) is 5.69 Å². The molecular formula is C26H24ClN3O4. The highest BCUT2D eigenvalue weighted by atomic mass is 35.5. The van der Waals surface area contributed by atoms with Gasteiger partial charge in [0.05, 0.1) is 21.3 Å². The van der Waals surface area contributed by atoms with Crippen molar-refractivity contribution in [3.05, 3.63) is 77.6 Å². The molecule has 0 bridgehead atoms. The average molecular weight is 478 g/mol. The van der Waals surface area contributed by atoms with Gasteiger partial charge in [0.15, 0.2) is 17.2 Å². The monoisotopic (exact) mass is 477 g/mol. The molecule has 2 aromatic heterocycles. The minimum Gasteiger partial charge on any atom is -0.493 e. The van der Waals surface area contributed by atoms with Crippen LogP contribution in [0.25, 0.3) is 11.3 Å². The molecule has 0 amide bonds. The topological polar surface area (TPSA) is 74.7 Å². The number of pyridine rings is 2. The molecule has 0 aliphatic carbocycles. The van der Waals surface area contributed by atoms with Crippen LogP contribution >= 0.6 is 11.6 Å². The second-order valence-electron chi connectivity index (χ2n) is 7.33. The Hall–Kier alpha value is -3.97. The van der Waals surface area contributed by atoms with E-state index >= 15 is 0 Å². The third kappa shape index (κ3) is 5.15. The summed E-state index contributed by atoms with van der Waals surface area (Å²) in [6, 6.07) is 18.5. The predicted octanol–water partition coefficient (Wildman–Crippen LogP) is 6.67. The molecule has 0 unspecified atom stereocenters. The van der Waals surface area contributed by atoms with E-state index in [9.17, 15) is 0 Å². The maximum atomic E-state index is 6.21. The van der Waals surface area contributed by atoms with E-state index in [0.29, 0.717) is 45.3 Å². The van der Waals surface area contributed by atoms with E-state index in [4.69, 9.17) is 30.5 Å². The lowest BCUT2D eigenvalue weighted by molar-refractivity contribution is 0.324. The van der Waals surface area contributed by atoms with Gasteiger partial charge in [-0.2, -0.15) is 0 Å². The molecule has 34 heavy (non-hydrogen) atoms. The third-order valence-electron chi connectivity index (χ3n) is 4.99. The number of ether oxygens (including phenoxy) is 4. The minimum absolute atomic E-state index is 0.515. The van der Waals surface area contributed by atoms with Gasteiger partial charge < -0.3 is 24.3 Å². The second kappa shape index (κ2) is 10.3. The van der Waals surface area contributed by atoms with Crippen molar-refractivity contribution in [1.82, 2.24) is 9.97 Å². The summed E-state index contributed by atoms with van der Waals surface area (Å²) in [5.41, 5.74) is 3.17. The zero-order valence-electron chi connectivity index (χ0n) is 19.3. The molecule has 0 fully saturated rings. The van der Waals surface area contributed by atoms with Gasteiger partial charge in [0.2, 0.25) is 5.75 Å². The molecule has 4 aromatic rings. The Morgan fingerprint density at radius 3 is 2.26 bits per heavy atom. The normalized spacial score (nSPS) is 10.5. The van der Waals surface area contributed by atoms with Gasteiger partial charge in [-0.15, -0.1) is 0 Å². The second-order valence-corrected chi connectivity index (χ2v) is 7.76. The van der Waals surface area contributed by atoms with Crippen LogP contribution in [0.4, 0.5) is 11.5 Å². The molecule has 0 aliphatic rings. The molecule has 7 nitrogen and oxygen atoms in total. The predicted molar refractivity (Wildman–Crippen MR) is 133 cm³/mol. The van der Waals surface area contributed by atoms with E-state index in [1.54, 1.807) is 51.8 Å². The van der Waals surface area contributed by atoms with Crippen molar-refractivity contribution in [3.63, 3.8) is 0 Å². The summed E-state index contributed by atoms with van der Waals surface area (Å²) in [4.78, 5) is 9.07. The van der Waals surface area contributed by atoms with Gasteiger partial charge >= 0.3 is 0 Å². The fourth-order valence-electron chi connectivity index (χ4n) is 3.44. The number of benzene rings is 2. The van der Waals surface area contributed by atoms with E-state index in [-0.39, 0.29) is 0 Å². The van der Waals surface area contributed by atoms with E-state index in [0.717, 1.165) is 16.9 Å². The number of rotatable bonds is 8. The highest BCUT2D eigenvalue weighted by Crippen LogP contribution is 2.41. The van der Waals surface area contributed by atoms with E-state index in [1.807, 2.05) is 43.3 Å². The summed E-state index contributed by atoms with van der Waals surface area (Å²) in [7, 11) is 4.70. The molecule has 0 aliphatic heterocycles. The zero-order chi connectivity index (χ0) is 24.1. The number of aryl methyl sites for hydroxylation is 1. The lowest BCUT2D eigenvalue weighted by Crippen LogP contribution is -1.99. The number of anilines is 2. The Morgan fingerprint density at radius 1 is 0.824 bits per heavy atom. The lowest BCUT2D eigenvalue weighted by Gasteiger charge is -2.15. The van der Waals surface area contributed by atoms with Crippen molar-refractivity contribution in [2.24, 2.45) is 0 Å². The summed E-state index contributed by atoms with van der Waals surface area (Å²) in [6.45, 7) is 1.93. The van der Waals surface area contributed by atoms with Crippen LogP contribution in [-0.2, 0) is 0 Å². The Bertz CT molecular complexity index is 1290. The first-order valence-corrected chi connectivity index (χ1v) is 10.8. The number of halogens is 1. The highest BCUT2D eigenvalue weighted by Gasteiger charge is 2.14. The fourth-order valence-corrected chi connectivity index (χ4v) is 3.63. The molecule has 2 aromatic carbocycles. The first kappa shape index (κ1) is 23.2. The summed E-state index contributed by atoms with van der Waals surface area (Å²) in [5, 5.41) is 3.89. The standard InChI is InChI=1S/C26H24ClN3O4/c1-16-8-9-21(25(29-16)17-6-5-7-18(27)12-17)34-20-10-11-28-24(15-20)30-19-13-22(31-2)26(33-4)23(14-19)32-3/h5-15H,1-4H3,(H,28,30). The molecule has 8 heteroatoms. The van der Waals surface area contributed by atoms with Crippen molar-refractivity contribution < 1.29 is 18.9 Å². The van der Waals surface area contributed by atoms with Crippen LogP contribution in [-0.4, -0.2) is 31.3 Å². The Balaban J connectivity index is 1.63. The van der Waals surface area contributed by atoms with Crippen molar-refractivity contribution in [1.29, 1.82) is 0 Å². The largest absolute Gasteiger partial charge is 0.493 e. The molecule has 0 radical (unpaired) electrons. The molecule has 174 valence electrons. The quantitative estimate of drug-likeness (QED) is 0.304. The third-order valence-corrected chi connectivity index (χ3v) is 5.23. The van der Waals surface area contributed by atoms with E-state index in [2.05, 4.69) is 15.3 Å². The molecule has 2 heterocycles. The highest BCUT2D eigenvalue weighted by molar-refractivity contribution is 6.30. The van der Waals surface area contributed by atoms with Gasteiger partial charge in [-0.25, -0.2) is 9.97 Å². The Morgan fingerprint density at radius 2 is 1.59 bits per heavy atom. The van der Waals surface area contributed by atoms with Crippen molar-refractivity contribution in [2.75, 3.05) is 26.6 Å². The van der Waals surface area contributed by atoms with Crippen LogP contribution in [0.3, 0.4) is 0 Å². The van der Waals surface area contributed by atoms with Crippen LogP contribution in [0, 0.1) is 6.92 Å². The van der Waals surface area contributed by atoms with E-state index < -0.39 is 0 Å². The van der Waals surface area contributed by atoms with Crippen LogP contribution < -0.4 is 24.3 Å². The first-order valence-electron chi connectivity index (χ1n) is 10.4. The number of methoxy groups -OCH3 is 3. The van der Waals surface area contributed by atoms with Crippen molar-refractivity contribution >= 4 is 23.1 Å². The molecular weight excluding hydrogens is 454 g/mol. The molecule has 0 saturated carbocycles. The van der Waals surface area contributed by atoms with Gasteiger partial charge in [-0.3, -0.25) is 0 Å². The lowest BCUT2D eigenvalue weighted by atomic mass is 10.1. The van der Waals surface area contributed by atoms with Crippen LogP contribution in [0.5, 0.6) is 28.7 Å². The van der Waals surface area contributed by atoms with Gasteiger partial charge in [0, 0.05) is 46.4 Å². The average Bonchev–Trinajstić information content (AvgIpc) is 2.84. The number of nitrogens with zero attached hydrogens (tertiary/aromatic N) is 2. The number of hydrogen-bond acceptors (Lipinski definition) is 7. The number of aromatic nitrogens is 2. The molecule has 4 rings (SSSR count). The van der Waals surface area contributed by atoms with E-state index in [1.165, 1.54) is 0 Å². The zero-order valence-corrected chi connectivity index (χ0v) is 20.0. The number of nitrogens with one attached hydrogen (secondary N) is 1. The summed E-state index contributed by atoms with van der Waals surface area (Å²) >= 11 is 6.20. The SMILES string of the molecule is COc1cc(Nc2cc(Oc3ccc(C)nc3-c3cccc(Cl)c3)ccn2)cc(OC)c1OC. The van der Waals surface area contributed by atoms with Crippen LogP contribution in [0.15, 0.2) is 66.9 Å². The maximum absolute atomic E-state index is 6.21. The van der Waals surface area contributed by atoms with Crippen molar-refractivity contribution in [3.8, 4) is 40.0 Å². The molecule has 0 spiro atoms. The molecule has 1 N–H and O–H groups in total.